The fourth-order valence-electron chi connectivity index (χ4n) is 9.05. The van der Waals surface area contributed by atoms with Crippen LogP contribution in [0.4, 0.5) is 17.1 Å². The van der Waals surface area contributed by atoms with E-state index in [9.17, 15) is 0 Å². The SMILES string of the molecule is c1ccc(-c2ccc3c(c2)oc2c(-c4ccccc4)ccc(N(c4ccc5ccc6ccccc6c5c4)c4cc(-c5ccccc5)cc5sc6ccccc6c45)c23)cc1. The van der Waals surface area contributed by atoms with Crippen molar-refractivity contribution in [2.24, 2.45) is 0 Å². The van der Waals surface area contributed by atoms with Gasteiger partial charge in [0.25, 0.3) is 0 Å². The number of nitrogens with zero attached hydrogens (tertiary/aromatic N) is 1. The van der Waals surface area contributed by atoms with E-state index in [1.165, 1.54) is 52.8 Å². The topological polar surface area (TPSA) is 16.4 Å². The lowest BCUT2D eigenvalue weighted by molar-refractivity contribution is 0.670. The maximum atomic E-state index is 7.10. The highest BCUT2D eigenvalue weighted by molar-refractivity contribution is 7.26. The first-order valence-corrected chi connectivity index (χ1v) is 20.9. The number of fused-ring (bicyclic) bond motifs is 9. The van der Waals surface area contributed by atoms with Crippen LogP contribution in [0.2, 0.25) is 0 Å². The molecule has 0 unspecified atom stereocenters. The first-order chi connectivity index (χ1) is 29.2. The lowest BCUT2D eigenvalue weighted by Gasteiger charge is -2.28. The zero-order chi connectivity index (χ0) is 38.9. The Morgan fingerprint density at radius 3 is 1.78 bits per heavy atom. The summed E-state index contributed by atoms with van der Waals surface area (Å²) in [5, 5.41) is 9.54. The normalized spacial score (nSPS) is 11.7. The Bertz CT molecular complexity index is 3550. The Kier molecular flexibility index (Phi) is 7.75. The van der Waals surface area contributed by atoms with Gasteiger partial charge in [0, 0.05) is 36.8 Å². The molecule has 0 saturated carbocycles. The second kappa shape index (κ2) is 13.6. The molecule has 0 amide bonds. The van der Waals surface area contributed by atoms with Gasteiger partial charge in [-0.2, -0.15) is 0 Å². The molecule has 12 rings (SSSR count). The van der Waals surface area contributed by atoms with Gasteiger partial charge in [-0.05, 0) is 104 Å². The Hall–Kier alpha value is -7.46. The molecule has 0 aliphatic carbocycles. The van der Waals surface area contributed by atoms with Gasteiger partial charge in [0.15, 0.2) is 0 Å². The van der Waals surface area contributed by atoms with Crippen LogP contribution in [0, 0.1) is 0 Å². The molecular formula is C56H35NOS. The van der Waals surface area contributed by atoms with Crippen LogP contribution < -0.4 is 4.90 Å². The predicted octanol–water partition coefficient (Wildman–Crippen LogP) is 16.7. The second-order valence-corrected chi connectivity index (χ2v) is 16.3. The maximum Gasteiger partial charge on any atom is 0.145 e. The van der Waals surface area contributed by atoms with Crippen molar-refractivity contribution in [1.29, 1.82) is 0 Å². The number of anilines is 3. The van der Waals surface area contributed by atoms with Crippen molar-refractivity contribution in [3.8, 4) is 33.4 Å². The van der Waals surface area contributed by atoms with E-state index in [0.29, 0.717) is 0 Å². The van der Waals surface area contributed by atoms with Gasteiger partial charge in [0.1, 0.15) is 11.2 Å². The summed E-state index contributed by atoms with van der Waals surface area (Å²) in [5.41, 5.74) is 11.8. The second-order valence-electron chi connectivity index (χ2n) is 15.2. The van der Waals surface area contributed by atoms with Gasteiger partial charge in [-0.15, -0.1) is 11.3 Å². The molecule has 0 bridgehead atoms. The molecular weight excluding hydrogens is 735 g/mol. The van der Waals surface area contributed by atoms with Crippen LogP contribution in [-0.4, -0.2) is 0 Å². The first kappa shape index (κ1) is 33.7. The summed E-state index contributed by atoms with van der Waals surface area (Å²) in [6, 6.07) is 77.0. The summed E-state index contributed by atoms with van der Waals surface area (Å²) >= 11 is 1.86. The van der Waals surface area contributed by atoms with E-state index in [4.69, 9.17) is 4.42 Å². The van der Waals surface area contributed by atoms with Crippen LogP contribution in [-0.2, 0) is 0 Å². The van der Waals surface area contributed by atoms with Crippen LogP contribution in [0.25, 0.3) is 97.0 Å². The molecule has 0 aliphatic heterocycles. The molecule has 0 saturated heterocycles. The standard InChI is InChI=1S/C56H35NOS/c1-4-14-36(15-5-1)41-27-29-46-51(33-41)58-56-45(38-18-8-3-9-19-38)30-31-49(55(46)56)57(43-28-26-40-25-24-39-20-10-11-21-44(39)48(40)35-43)50-32-42(37-16-6-2-7-17-37)34-53-54(50)47-22-12-13-23-52(47)59-53/h1-35H. The monoisotopic (exact) mass is 769 g/mol. The van der Waals surface area contributed by atoms with Gasteiger partial charge in [-0.3, -0.25) is 0 Å². The Labute approximate surface area is 345 Å². The van der Waals surface area contributed by atoms with Crippen molar-refractivity contribution in [2.45, 2.75) is 0 Å². The molecule has 0 aliphatic rings. The molecule has 2 heterocycles. The molecule has 12 aromatic rings. The van der Waals surface area contributed by atoms with Gasteiger partial charge >= 0.3 is 0 Å². The first-order valence-electron chi connectivity index (χ1n) is 20.1. The third-order valence-electron chi connectivity index (χ3n) is 11.8. The van der Waals surface area contributed by atoms with Crippen LogP contribution >= 0.6 is 11.3 Å². The van der Waals surface area contributed by atoms with E-state index in [1.807, 2.05) is 11.3 Å². The molecule has 0 radical (unpaired) electrons. The van der Waals surface area contributed by atoms with E-state index in [-0.39, 0.29) is 0 Å². The molecule has 0 fully saturated rings. The number of thiophene rings is 1. The van der Waals surface area contributed by atoms with E-state index >= 15 is 0 Å². The lowest BCUT2D eigenvalue weighted by atomic mass is 9.96. The summed E-state index contributed by atoms with van der Waals surface area (Å²) in [6.07, 6.45) is 0. The quantitative estimate of drug-likeness (QED) is 0.157. The number of rotatable bonds is 6. The Balaban J connectivity index is 1.22. The van der Waals surface area contributed by atoms with Gasteiger partial charge in [0.2, 0.25) is 0 Å². The van der Waals surface area contributed by atoms with Crippen molar-refractivity contribution < 1.29 is 4.42 Å². The van der Waals surface area contributed by atoms with Crippen LogP contribution in [0.15, 0.2) is 217 Å². The zero-order valence-corrected chi connectivity index (χ0v) is 32.8. The minimum atomic E-state index is 0.861. The van der Waals surface area contributed by atoms with Crippen molar-refractivity contribution in [1.82, 2.24) is 0 Å². The molecule has 276 valence electrons. The van der Waals surface area contributed by atoms with Crippen molar-refractivity contribution in [2.75, 3.05) is 4.90 Å². The third kappa shape index (κ3) is 5.55. The Morgan fingerprint density at radius 2 is 1.00 bits per heavy atom. The molecule has 3 heteroatoms. The minimum absolute atomic E-state index is 0.861. The molecule has 59 heavy (non-hydrogen) atoms. The average molecular weight is 770 g/mol. The van der Waals surface area contributed by atoms with E-state index < -0.39 is 0 Å². The lowest BCUT2D eigenvalue weighted by Crippen LogP contribution is -2.11. The summed E-state index contributed by atoms with van der Waals surface area (Å²) in [4.78, 5) is 2.51. The molecule has 2 aromatic heterocycles. The molecule has 0 spiro atoms. The summed E-state index contributed by atoms with van der Waals surface area (Å²) in [7, 11) is 0. The highest BCUT2D eigenvalue weighted by atomic mass is 32.1. The largest absolute Gasteiger partial charge is 0.455 e. The fourth-order valence-corrected chi connectivity index (χ4v) is 10.2. The highest BCUT2D eigenvalue weighted by Crippen LogP contribution is 2.51. The van der Waals surface area contributed by atoms with E-state index in [1.54, 1.807) is 0 Å². The number of hydrogen-bond acceptors (Lipinski definition) is 3. The maximum absolute atomic E-state index is 7.10. The minimum Gasteiger partial charge on any atom is -0.455 e. The van der Waals surface area contributed by atoms with Gasteiger partial charge < -0.3 is 9.32 Å². The molecule has 0 N–H and O–H groups in total. The van der Waals surface area contributed by atoms with Crippen LogP contribution in [0.3, 0.4) is 0 Å². The fraction of sp³-hybridized carbons (Fsp3) is 0. The summed E-state index contributed by atoms with van der Waals surface area (Å²) in [5.74, 6) is 0. The van der Waals surface area contributed by atoms with E-state index in [0.717, 1.165) is 61.3 Å². The predicted molar refractivity (Wildman–Crippen MR) is 253 cm³/mol. The zero-order valence-electron chi connectivity index (χ0n) is 32.0. The number of benzene rings is 10. The average Bonchev–Trinajstić information content (AvgIpc) is 3.89. The smallest absolute Gasteiger partial charge is 0.145 e. The van der Waals surface area contributed by atoms with Crippen molar-refractivity contribution in [3.05, 3.63) is 212 Å². The van der Waals surface area contributed by atoms with Crippen molar-refractivity contribution >= 4 is 92.1 Å². The third-order valence-corrected chi connectivity index (χ3v) is 12.9. The molecule has 0 atom stereocenters. The highest BCUT2D eigenvalue weighted by Gasteiger charge is 2.26. The molecule has 10 aromatic carbocycles. The van der Waals surface area contributed by atoms with Crippen LogP contribution in [0.5, 0.6) is 0 Å². The molecule has 2 nitrogen and oxygen atoms in total. The Morgan fingerprint density at radius 1 is 0.356 bits per heavy atom. The van der Waals surface area contributed by atoms with Gasteiger partial charge in [0.05, 0.1) is 16.8 Å². The number of hydrogen-bond donors (Lipinski definition) is 0. The van der Waals surface area contributed by atoms with Gasteiger partial charge in [-0.25, -0.2) is 0 Å². The van der Waals surface area contributed by atoms with Crippen molar-refractivity contribution in [3.63, 3.8) is 0 Å². The summed E-state index contributed by atoms with van der Waals surface area (Å²) < 4.78 is 9.62. The number of furan rings is 1. The van der Waals surface area contributed by atoms with E-state index in [2.05, 4.69) is 217 Å². The van der Waals surface area contributed by atoms with Gasteiger partial charge in [-0.1, -0.05) is 158 Å². The van der Waals surface area contributed by atoms with Crippen LogP contribution in [0.1, 0.15) is 0 Å². The summed E-state index contributed by atoms with van der Waals surface area (Å²) in [6.45, 7) is 0.